The smallest absolute Gasteiger partial charge is 0.124 e. The SMILES string of the molecule is N#CC(Cl)Cc1cccc(Br)c1. The van der Waals surface area contributed by atoms with Gasteiger partial charge in [0.1, 0.15) is 5.38 Å². The second-order valence-electron chi connectivity index (χ2n) is 2.43. The molecule has 0 fully saturated rings. The largest absolute Gasteiger partial charge is 0.197 e. The number of nitrogens with zero attached hydrogens (tertiary/aromatic N) is 1. The molecule has 0 spiro atoms. The van der Waals surface area contributed by atoms with Crippen LogP contribution in [0.4, 0.5) is 0 Å². The quantitative estimate of drug-likeness (QED) is 0.733. The van der Waals surface area contributed by atoms with Crippen LogP contribution in [-0.4, -0.2) is 5.38 Å². The summed E-state index contributed by atoms with van der Waals surface area (Å²) in [7, 11) is 0. The van der Waals surface area contributed by atoms with Crippen molar-refractivity contribution < 1.29 is 0 Å². The van der Waals surface area contributed by atoms with Crippen molar-refractivity contribution in [1.29, 1.82) is 5.26 Å². The van der Waals surface area contributed by atoms with Gasteiger partial charge in [0.25, 0.3) is 0 Å². The predicted octanol–water partition coefficient (Wildman–Crippen LogP) is 3.12. The van der Waals surface area contributed by atoms with Gasteiger partial charge in [0, 0.05) is 10.9 Å². The van der Waals surface area contributed by atoms with Gasteiger partial charge in [0.2, 0.25) is 0 Å². The first kappa shape index (κ1) is 9.57. The maximum absolute atomic E-state index is 8.47. The van der Waals surface area contributed by atoms with Gasteiger partial charge >= 0.3 is 0 Å². The summed E-state index contributed by atoms with van der Waals surface area (Å²) in [6.45, 7) is 0. The number of hydrogen-bond acceptors (Lipinski definition) is 1. The Morgan fingerprint density at radius 3 is 2.92 bits per heavy atom. The zero-order valence-corrected chi connectivity index (χ0v) is 8.64. The second-order valence-corrected chi connectivity index (χ2v) is 3.87. The Morgan fingerprint density at radius 2 is 2.33 bits per heavy atom. The van der Waals surface area contributed by atoms with Gasteiger partial charge < -0.3 is 0 Å². The number of rotatable bonds is 2. The van der Waals surface area contributed by atoms with Gasteiger partial charge in [-0.2, -0.15) is 5.26 Å². The van der Waals surface area contributed by atoms with E-state index in [0.29, 0.717) is 6.42 Å². The molecule has 0 heterocycles. The van der Waals surface area contributed by atoms with E-state index in [1.165, 1.54) is 0 Å². The normalized spacial score (nSPS) is 12.1. The van der Waals surface area contributed by atoms with Gasteiger partial charge in [-0.3, -0.25) is 0 Å². The predicted molar refractivity (Wildman–Crippen MR) is 53.1 cm³/mol. The lowest BCUT2D eigenvalue weighted by Gasteiger charge is -2.00. The average Bonchev–Trinajstić information content (AvgIpc) is 2.04. The fourth-order valence-electron chi connectivity index (χ4n) is 0.917. The summed E-state index contributed by atoms with van der Waals surface area (Å²) in [6.07, 6.45) is 0.595. The molecule has 0 aliphatic rings. The highest BCUT2D eigenvalue weighted by molar-refractivity contribution is 9.10. The summed E-state index contributed by atoms with van der Waals surface area (Å²) in [5.74, 6) is 0. The molecule has 0 bridgehead atoms. The van der Waals surface area contributed by atoms with Crippen molar-refractivity contribution in [2.75, 3.05) is 0 Å². The fraction of sp³-hybridized carbons (Fsp3) is 0.222. The van der Waals surface area contributed by atoms with E-state index in [2.05, 4.69) is 15.9 Å². The number of benzene rings is 1. The van der Waals surface area contributed by atoms with E-state index in [0.717, 1.165) is 10.0 Å². The molecule has 1 rings (SSSR count). The Kier molecular flexibility index (Phi) is 3.58. The first-order chi connectivity index (χ1) is 5.72. The fourth-order valence-corrected chi connectivity index (χ4v) is 1.54. The summed E-state index contributed by atoms with van der Waals surface area (Å²) in [5.41, 5.74) is 1.07. The number of nitriles is 1. The van der Waals surface area contributed by atoms with Gasteiger partial charge in [-0.1, -0.05) is 28.1 Å². The van der Waals surface area contributed by atoms with Crippen molar-refractivity contribution >= 4 is 27.5 Å². The third kappa shape index (κ3) is 2.84. The number of alkyl halides is 1. The summed E-state index contributed by atoms with van der Waals surface area (Å²) < 4.78 is 1.02. The maximum Gasteiger partial charge on any atom is 0.124 e. The molecule has 0 amide bonds. The molecule has 0 saturated heterocycles. The van der Waals surface area contributed by atoms with Crippen molar-refractivity contribution in [3.05, 3.63) is 34.3 Å². The molecule has 1 atom stereocenters. The molecular formula is C9H7BrClN. The third-order valence-electron chi connectivity index (χ3n) is 1.44. The van der Waals surface area contributed by atoms with Crippen LogP contribution in [0.3, 0.4) is 0 Å². The van der Waals surface area contributed by atoms with Crippen molar-refractivity contribution in [3.63, 3.8) is 0 Å². The third-order valence-corrected chi connectivity index (χ3v) is 2.19. The Balaban J connectivity index is 2.71. The molecule has 0 aromatic heterocycles. The van der Waals surface area contributed by atoms with Crippen LogP contribution >= 0.6 is 27.5 Å². The van der Waals surface area contributed by atoms with Crippen molar-refractivity contribution in [1.82, 2.24) is 0 Å². The van der Waals surface area contributed by atoms with Crippen LogP contribution in [-0.2, 0) is 6.42 Å². The molecule has 1 unspecified atom stereocenters. The van der Waals surface area contributed by atoms with Gasteiger partial charge in [-0.15, -0.1) is 11.6 Å². The Labute approximate surface area is 85.1 Å². The Morgan fingerprint density at radius 1 is 1.58 bits per heavy atom. The number of halogens is 2. The lowest BCUT2D eigenvalue weighted by molar-refractivity contribution is 1.02. The maximum atomic E-state index is 8.47. The van der Waals surface area contributed by atoms with Crippen LogP contribution in [0.1, 0.15) is 5.56 Å². The van der Waals surface area contributed by atoms with Crippen LogP contribution in [0, 0.1) is 11.3 Å². The van der Waals surface area contributed by atoms with E-state index in [9.17, 15) is 0 Å². The molecule has 0 aliphatic carbocycles. The van der Waals surface area contributed by atoms with Gasteiger partial charge in [-0.05, 0) is 17.7 Å². The Hall–Kier alpha value is -0.520. The lowest BCUT2D eigenvalue weighted by Crippen LogP contribution is -1.98. The highest BCUT2D eigenvalue weighted by Crippen LogP contribution is 2.14. The first-order valence-electron chi connectivity index (χ1n) is 3.50. The average molecular weight is 245 g/mol. The molecule has 1 aromatic rings. The van der Waals surface area contributed by atoms with E-state index in [1.807, 2.05) is 30.3 Å². The van der Waals surface area contributed by atoms with Crippen LogP contribution in [0.2, 0.25) is 0 Å². The highest BCUT2D eigenvalue weighted by atomic mass is 79.9. The first-order valence-corrected chi connectivity index (χ1v) is 4.73. The molecule has 1 aromatic carbocycles. The van der Waals surface area contributed by atoms with E-state index in [1.54, 1.807) is 0 Å². The second kappa shape index (κ2) is 4.49. The van der Waals surface area contributed by atoms with Gasteiger partial charge in [-0.25, -0.2) is 0 Å². The van der Waals surface area contributed by atoms with Gasteiger partial charge in [0.05, 0.1) is 6.07 Å². The van der Waals surface area contributed by atoms with Crippen LogP contribution < -0.4 is 0 Å². The molecule has 3 heteroatoms. The van der Waals surface area contributed by atoms with Crippen molar-refractivity contribution in [2.24, 2.45) is 0 Å². The molecular weight excluding hydrogens is 237 g/mol. The summed E-state index contributed by atoms with van der Waals surface area (Å²) in [6, 6.07) is 9.78. The zero-order valence-electron chi connectivity index (χ0n) is 6.30. The summed E-state index contributed by atoms with van der Waals surface area (Å²) in [5, 5.41) is 8.04. The number of hydrogen-bond donors (Lipinski definition) is 0. The van der Waals surface area contributed by atoms with E-state index < -0.39 is 5.38 Å². The van der Waals surface area contributed by atoms with Crippen LogP contribution in [0.25, 0.3) is 0 Å². The molecule has 0 saturated carbocycles. The molecule has 0 radical (unpaired) electrons. The minimum atomic E-state index is -0.431. The molecule has 1 nitrogen and oxygen atoms in total. The van der Waals surface area contributed by atoms with Crippen LogP contribution in [0.5, 0.6) is 0 Å². The summed E-state index contributed by atoms with van der Waals surface area (Å²) in [4.78, 5) is 0. The van der Waals surface area contributed by atoms with E-state index in [4.69, 9.17) is 16.9 Å². The molecule has 0 N–H and O–H groups in total. The summed E-state index contributed by atoms with van der Waals surface area (Å²) >= 11 is 9.02. The molecule has 0 aliphatic heterocycles. The van der Waals surface area contributed by atoms with E-state index >= 15 is 0 Å². The molecule has 12 heavy (non-hydrogen) atoms. The zero-order chi connectivity index (χ0) is 8.97. The van der Waals surface area contributed by atoms with Crippen LogP contribution in [0.15, 0.2) is 28.7 Å². The topological polar surface area (TPSA) is 23.8 Å². The monoisotopic (exact) mass is 243 g/mol. The minimum Gasteiger partial charge on any atom is -0.197 e. The standard InChI is InChI=1S/C9H7BrClN/c10-8-3-1-2-7(4-8)5-9(11)6-12/h1-4,9H,5H2. The van der Waals surface area contributed by atoms with Crippen molar-refractivity contribution in [2.45, 2.75) is 11.8 Å². The Bertz CT molecular complexity index is 306. The highest BCUT2D eigenvalue weighted by Gasteiger charge is 2.03. The minimum absolute atomic E-state index is 0.431. The lowest BCUT2D eigenvalue weighted by atomic mass is 10.1. The van der Waals surface area contributed by atoms with Gasteiger partial charge in [0.15, 0.2) is 0 Å². The molecule has 62 valence electrons. The van der Waals surface area contributed by atoms with Crippen molar-refractivity contribution in [3.8, 4) is 6.07 Å². The van der Waals surface area contributed by atoms with E-state index in [-0.39, 0.29) is 0 Å².